The van der Waals surface area contributed by atoms with Crippen LogP contribution in [0.3, 0.4) is 0 Å². The van der Waals surface area contributed by atoms with E-state index in [0.717, 1.165) is 12.8 Å². The third-order valence-corrected chi connectivity index (χ3v) is 2.62. The lowest BCUT2D eigenvalue weighted by Crippen LogP contribution is -2.30. The van der Waals surface area contributed by atoms with E-state index < -0.39 is 6.09 Å². The van der Waals surface area contributed by atoms with Crippen molar-refractivity contribution in [3.05, 3.63) is 0 Å². The fourth-order valence-corrected chi connectivity index (χ4v) is 1.78. The molecule has 5 nitrogen and oxygen atoms in total. The summed E-state index contributed by atoms with van der Waals surface area (Å²) in [5.41, 5.74) is 0. The van der Waals surface area contributed by atoms with E-state index in [9.17, 15) is 9.59 Å². The van der Waals surface area contributed by atoms with Crippen molar-refractivity contribution in [1.82, 2.24) is 4.90 Å². The van der Waals surface area contributed by atoms with E-state index in [0.29, 0.717) is 26.1 Å². The van der Waals surface area contributed by atoms with E-state index >= 15 is 0 Å². The molecule has 0 saturated carbocycles. The minimum Gasteiger partial charge on any atom is -0.466 e. The van der Waals surface area contributed by atoms with Crippen molar-refractivity contribution in [2.75, 3.05) is 19.7 Å². The van der Waals surface area contributed by atoms with Crippen molar-refractivity contribution in [2.45, 2.75) is 26.2 Å². The van der Waals surface area contributed by atoms with E-state index in [2.05, 4.69) is 0 Å². The van der Waals surface area contributed by atoms with Gasteiger partial charge >= 0.3 is 12.1 Å². The number of carboxylic acid groups (broad SMARTS) is 1. The van der Waals surface area contributed by atoms with Gasteiger partial charge in [0.25, 0.3) is 0 Å². The fourth-order valence-electron chi connectivity index (χ4n) is 1.78. The molecule has 0 spiro atoms. The first kappa shape index (κ1) is 11.8. The van der Waals surface area contributed by atoms with Gasteiger partial charge in [-0.25, -0.2) is 4.79 Å². The normalized spacial score (nSPS) is 21.9. The molecule has 0 radical (unpaired) electrons. The van der Waals surface area contributed by atoms with Gasteiger partial charge in [-0.1, -0.05) is 0 Å². The smallest absolute Gasteiger partial charge is 0.407 e. The molecule has 0 aromatic rings. The highest BCUT2D eigenvalue weighted by molar-refractivity contribution is 5.72. The minimum atomic E-state index is -0.903. The summed E-state index contributed by atoms with van der Waals surface area (Å²) in [4.78, 5) is 23.5. The van der Waals surface area contributed by atoms with Crippen molar-refractivity contribution in [3.63, 3.8) is 0 Å². The lowest BCUT2D eigenvalue weighted by atomic mass is 10.0. The number of likely N-dealkylation sites (tertiary alicyclic amines) is 1. The van der Waals surface area contributed by atoms with Crippen LogP contribution >= 0.6 is 0 Å². The zero-order valence-electron chi connectivity index (χ0n) is 8.94. The number of esters is 1. The van der Waals surface area contributed by atoms with Gasteiger partial charge in [-0.3, -0.25) is 4.79 Å². The SMILES string of the molecule is CCOC(=O)C1CCCN(C(=O)O)CC1. The van der Waals surface area contributed by atoms with E-state index in [1.807, 2.05) is 0 Å². The Balaban J connectivity index is 2.45. The van der Waals surface area contributed by atoms with E-state index in [1.54, 1.807) is 6.92 Å². The Kier molecular flexibility index (Phi) is 4.39. The van der Waals surface area contributed by atoms with Gasteiger partial charge in [-0.2, -0.15) is 0 Å². The highest BCUT2D eigenvalue weighted by Crippen LogP contribution is 2.18. The van der Waals surface area contributed by atoms with E-state index in [-0.39, 0.29) is 11.9 Å². The van der Waals surface area contributed by atoms with Crippen LogP contribution in [-0.4, -0.2) is 41.8 Å². The molecule has 0 bridgehead atoms. The zero-order chi connectivity index (χ0) is 11.3. The summed E-state index contributed by atoms with van der Waals surface area (Å²) in [6, 6.07) is 0. The Bertz CT molecular complexity index is 242. The van der Waals surface area contributed by atoms with Crippen molar-refractivity contribution in [3.8, 4) is 0 Å². The summed E-state index contributed by atoms with van der Waals surface area (Å²) >= 11 is 0. The first-order valence-corrected chi connectivity index (χ1v) is 5.29. The molecule has 1 amide bonds. The average Bonchev–Trinajstić information content (AvgIpc) is 2.43. The van der Waals surface area contributed by atoms with Gasteiger partial charge in [-0.15, -0.1) is 0 Å². The Morgan fingerprint density at radius 2 is 2.13 bits per heavy atom. The van der Waals surface area contributed by atoms with Crippen LogP contribution < -0.4 is 0 Å². The van der Waals surface area contributed by atoms with Gasteiger partial charge in [0.2, 0.25) is 0 Å². The highest BCUT2D eigenvalue weighted by Gasteiger charge is 2.25. The second-order valence-corrected chi connectivity index (χ2v) is 3.65. The maximum absolute atomic E-state index is 11.4. The average molecular weight is 215 g/mol. The molecule has 1 aliphatic rings. The lowest BCUT2D eigenvalue weighted by molar-refractivity contribution is -0.148. The van der Waals surface area contributed by atoms with E-state index in [1.165, 1.54) is 4.90 Å². The van der Waals surface area contributed by atoms with Crippen molar-refractivity contribution in [1.29, 1.82) is 0 Å². The summed E-state index contributed by atoms with van der Waals surface area (Å²) < 4.78 is 4.93. The molecule has 1 unspecified atom stereocenters. The van der Waals surface area contributed by atoms with Gasteiger partial charge in [-0.05, 0) is 26.2 Å². The van der Waals surface area contributed by atoms with Crippen LogP contribution in [0.25, 0.3) is 0 Å². The van der Waals surface area contributed by atoms with Crippen LogP contribution in [0, 0.1) is 5.92 Å². The summed E-state index contributed by atoms with van der Waals surface area (Å²) in [6.07, 6.45) is 1.13. The molecule has 1 N–H and O–H groups in total. The molecule has 1 heterocycles. The summed E-state index contributed by atoms with van der Waals surface area (Å²) in [7, 11) is 0. The van der Waals surface area contributed by atoms with Crippen molar-refractivity contribution in [2.24, 2.45) is 5.92 Å². The van der Waals surface area contributed by atoms with E-state index in [4.69, 9.17) is 9.84 Å². The largest absolute Gasteiger partial charge is 0.466 e. The van der Waals surface area contributed by atoms with Gasteiger partial charge in [0.05, 0.1) is 12.5 Å². The predicted molar refractivity (Wildman–Crippen MR) is 53.6 cm³/mol. The standard InChI is InChI=1S/C10H17NO4/c1-2-15-9(12)8-4-3-6-11(7-5-8)10(13)14/h8H,2-7H2,1H3,(H,13,14). The number of ether oxygens (including phenoxy) is 1. The predicted octanol–water partition coefficient (Wildman–Crippen LogP) is 1.33. The number of nitrogens with zero attached hydrogens (tertiary/aromatic N) is 1. The molecule has 0 aromatic carbocycles. The van der Waals surface area contributed by atoms with Gasteiger partial charge in [0.15, 0.2) is 0 Å². The number of hydrogen-bond donors (Lipinski definition) is 1. The number of amides is 1. The monoisotopic (exact) mass is 215 g/mol. The number of carbonyl (C=O) groups is 2. The summed E-state index contributed by atoms with van der Waals surface area (Å²) in [5, 5.41) is 8.80. The quantitative estimate of drug-likeness (QED) is 0.706. The molecule has 86 valence electrons. The molecular formula is C10H17NO4. The molecule has 1 fully saturated rings. The Morgan fingerprint density at radius 3 is 2.73 bits per heavy atom. The van der Waals surface area contributed by atoms with Crippen molar-refractivity contribution < 1.29 is 19.4 Å². The van der Waals surface area contributed by atoms with Crippen LogP contribution in [0.15, 0.2) is 0 Å². The lowest BCUT2D eigenvalue weighted by Gasteiger charge is -2.15. The topological polar surface area (TPSA) is 66.8 Å². The number of rotatable bonds is 2. The maximum atomic E-state index is 11.4. The molecule has 0 aromatic heterocycles. The second-order valence-electron chi connectivity index (χ2n) is 3.65. The van der Waals surface area contributed by atoms with Crippen LogP contribution in [-0.2, 0) is 9.53 Å². The molecule has 1 saturated heterocycles. The second kappa shape index (κ2) is 5.58. The molecule has 1 rings (SSSR count). The zero-order valence-corrected chi connectivity index (χ0v) is 8.94. The van der Waals surface area contributed by atoms with Gasteiger partial charge in [0, 0.05) is 13.1 Å². The molecule has 1 aliphatic heterocycles. The third kappa shape index (κ3) is 3.42. The molecule has 5 heteroatoms. The maximum Gasteiger partial charge on any atom is 0.407 e. The molecule has 0 aliphatic carbocycles. The van der Waals surface area contributed by atoms with Gasteiger partial charge < -0.3 is 14.7 Å². The Labute approximate surface area is 89.0 Å². The van der Waals surface area contributed by atoms with Crippen LogP contribution in [0.5, 0.6) is 0 Å². The first-order chi connectivity index (χ1) is 7.15. The minimum absolute atomic E-state index is 0.130. The van der Waals surface area contributed by atoms with Crippen LogP contribution in [0.4, 0.5) is 4.79 Å². The highest BCUT2D eigenvalue weighted by atomic mass is 16.5. The number of hydrogen-bond acceptors (Lipinski definition) is 3. The third-order valence-electron chi connectivity index (χ3n) is 2.62. The first-order valence-electron chi connectivity index (χ1n) is 5.29. The Hall–Kier alpha value is -1.26. The number of carbonyl (C=O) groups excluding carboxylic acids is 1. The van der Waals surface area contributed by atoms with Crippen LogP contribution in [0.1, 0.15) is 26.2 Å². The molecule has 1 atom stereocenters. The van der Waals surface area contributed by atoms with Crippen molar-refractivity contribution >= 4 is 12.1 Å². The fraction of sp³-hybridized carbons (Fsp3) is 0.800. The summed E-state index contributed by atoms with van der Waals surface area (Å²) in [6.45, 7) is 3.11. The van der Waals surface area contributed by atoms with Gasteiger partial charge in [0.1, 0.15) is 0 Å². The Morgan fingerprint density at radius 1 is 1.40 bits per heavy atom. The van der Waals surface area contributed by atoms with Crippen LogP contribution in [0.2, 0.25) is 0 Å². The molecule has 15 heavy (non-hydrogen) atoms. The molecular weight excluding hydrogens is 198 g/mol. The summed E-state index contributed by atoms with van der Waals surface area (Å²) in [5.74, 6) is -0.320.